The van der Waals surface area contributed by atoms with Crippen LogP contribution in [0.4, 0.5) is 5.69 Å². The highest BCUT2D eigenvalue weighted by atomic mass is 35.5. The molecule has 0 aromatic heterocycles. The van der Waals surface area contributed by atoms with E-state index in [1.54, 1.807) is 25.1 Å². The molecule has 0 saturated heterocycles. The second-order valence-electron chi connectivity index (χ2n) is 10.6. The molecule has 42 heavy (non-hydrogen) atoms. The normalized spacial score (nSPS) is 12.4. The van der Waals surface area contributed by atoms with Gasteiger partial charge in [0.2, 0.25) is 11.8 Å². The van der Waals surface area contributed by atoms with Gasteiger partial charge in [0.15, 0.2) is 0 Å². The molecule has 0 aliphatic rings. The maximum atomic E-state index is 14.1. The molecule has 1 atom stereocenters. The monoisotopic (exact) mass is 653 g/mol. The van der Waals surface area contributed by atoms with Crippen LogP contribution in [0.3, 0.4) is 0 Å². The lowest BCUT2D eigenvalue weighted by atomic mass is 10.1. The average Bonchev–Trinajstić information content (AvgIpc) is 2.93. The van der Waals surface area contributed by atoms with Gasteiger partial charge in [0.1, 0.15) is 18.3 Å². The SMILES string of the molecule is CC[C@@H](C(=O)NC(C)(C)C)N(Cc1ccc(Cl)c(Cl)c1)C(=O)CN(c1ccc(Cl)cc1)S(=O)(=O)c1ccc(OC)cc1. The number of methoxy groups -OCH3 is 1. The van der Waals surface area contributed by atoms with Crippen molar-refractivity contribution < 1.29 is 22.7 Å². The van der Waals surface area contributed by atoms with Gasteiger partial charge in [0, 0.05) is 17.1 Å². The van der Waals surface area contributed by atoms with Crippen LogP contribution in [0, 0.1) is 0 Å². The molecule has 2 amide bonds. The molecule has 0 heterocycles. The lowest BCUT2D eigenvalue weighted by Crippen LogP contribution is -2.55. The third-order valence-corrected chi connectivity index (χ3v) is 9.04. The van der Waals surface area contributed by atoms with Crippen molar-refractivity contribution >= 4 is 62.3 Å². The van der Waals surface area contributed by atoms with Gasteiger partial charge in [0.05, 0.1) is 27.7 Å². The highest BCUT2D eigenvalue weighted by Crippen LogP contribution is 2.28. The molecule has 1 N–H and O–H groups in total. The van der Waals surface area contributed by atoms with Gasteiger partial charge in [-0.15, -0.1) is 0 Å². The van der Waals surface area contributed by atoms with Crippen molar-refractivity contribution in [2.45, 2.75) is 57.1 Å². The van der Waals surface area contributed by atoms with Gasteiger partial charge in [-0.05, 0) is 93.4 Å². The van der Waals surface area contributed by atoms with Crippen LogP contribution < -0.4 is 14.4 Å². The Morgan fingerprint density at radius 3 is 2.07 bits per heavy atom. The van der Waals surface area contributed by atoms with Crippen LogP contribution in [0.2, 0.25) is 15.1 Å². The minimum atomic E-state index is -4.24. The summed E-state index contributed by atoms with van der Waals surface area (Å²) in [4.78, 5) is 28.9. The molecule has 0 radical (unpaired) electrons. The molecule has 0 saturated carbocycles. The van der Waals surface area contributed by atoms with Gasteiger partial charge in [-0.3, -0.25) is 13.9 Å². The number of carbonyl (C=O) groups excluding carboxylic acids is 2. The highest BCUT2D eigenvalue weighted by Gasteiger charge is 2.34. The first-order chi connectivity index (χ1) is 19.7. The van der Waals surface area contributed by atoms with E-state index < -0.39 is 34.1 Å². The Morgan fingerprint density at radius 2 is 1.55 bits per heavy atom. The topological polar surface area (TPSA) is 96.0 Å². The van der Waals surface area contributed by atoms with Crippen LogP contribution >= 0.6 is 34.8 Å². The number of hydrogen-bond donors (Lipinski definition) is 1. The van der Waals surface area contributed by atoms with Crippen molar-refractivity contribution in [1.82, 2.24) is 10.2 Å². The van der Waals surface area contributed by atoms with Crippen molar-refractivity contribution in [3.8, 4) is 5.75 Å². The molecule has 3 rings (SSSR count). The van der Waals surface area contributed by atoms with Gasteiger partial charge in [-0.2, -0.15) is 0 Å². The summed E-state index contributed by atoms with van der Waals surface area (Å²) in [6.45, 7) is 6.71. The molecular formula is C30H34Cl3N3O5S. The summed E-state index contributed by atoms with van der Waals surface area (Å²) >= 11 is 18.4. The number of amides is 2. The van der Waals surface area contributed by atoms with E-state index in [4.69, 9.17) is 39.5 Å². The number of anilines is 1. The molecule has 3 aromatic rings. The number of carbonyl (C=O) groups is 2. The van der Waals surface area contributed by atoms with Gasteiger partial charge in [-0.1, -0.05) is 47.8 Å². The molecule has 226 valence electrons. The first-order valence-electron chi connectivity index (χ1n) is 13.1. The zero-order valence-electron chi connectivity index (χ0n) is 24.0. The van der Waals surface area contributed by atoms with Gasteiger partial charge < -0.3 is 15.0 Å². The first kappa shape index (κ1) is 33.5. The number of rotatable bonds is 11. The minimum absolute atomic E-state index is 0.0111. The number of nitrogens with zero attached hydrogens (tertiary/aromatic N) is 2. The summed E-state index contributed by atoms with van der Waals surface area (Å²) in [5.41, 5.74) is 0.289. The Balaban J connectivity index is 2.08. The van der Waals surface area contributed by atoms with E-state index in [-0.39, 0.29) is 29.5 Å². The quantitative estimate of drug-likeness (QED) is 0.252. The van der Waals surface area contributed by atoms with Crippen LogP contribution in [0.5, 0.6) is 5.75 Å². The Labute approximate surface area is 262 Å². The Hall–Kier alpha value is -2.98. The summed E-state index contributed by atoms with van der Waals surface area (Å²) in [7, 11) is -2.76. The van der Waals surface area contributed by atoms with Crippen LogP contribution in [0.1, 0.15) is 39.7 Å². The lowest BCUT2D eigenvalue weighted by Gasteiger charge is -2.34. The number of nitrogens with one attached hydrogen (secondary N) is 1. The highest BCUT2D eigenvalue weighted by molar-refractivity contribution is 7.92. The predicted octanol–water partition coefficient (Wildman–Crippen LogP) is 6.57. The van der Waals surface area contributed by atoms with Crippen molar-refractivity contribution in [2.24, 2.45) is 0 Å². The smallest absolute Gasteiger partial charge is 0.264 e. The summed E-state index contributed by atoms with van der Waals surface area (Å²) in [6, 6.07) is 16.0. The molecule has 0 aliphatic heterocycles. The van der Waals surface area contributed by atoms with Gasteiger partial charge in [-0.25, -0.2) is 8.42 Å². The Morgan fingerprint density at radius 1 is 0.929 bits per heavy atom. The fourth-order valence-corrected chi connectivity index (χ4v) is 6.08. The molecule has 0 aliphatic carbocycles. The third kappa shape index (κ3) is 8.53. The first-order valence-corrected chi connectivity index (χ1v) is 15.7. The van der Waals surface area contributed by atoms with Crippen LogP contribution in [-0.2, 0) is 26.2 Å². The Bertz CT molecular complexity index is 1510. The molecule has 3 aromatic carbocycles. The van der Waals surface area contributed by atoms with Gasteiger partial charge >= 0.3 is 0 Å². The largest absolute Gasteiger partial charge is 0.497 e. The number of ether oxygens (including phenoxy) is 1. The van der Waals surface area contributed by atoms with E-state index in [1.165, 1.54) is 60.5 Å². The third-order valence-electron chi connectivity index (χ3n) is 6.26. The van der Waals surface area contributed by atoms with Crippen LogP contribution in [-0.4, -0.2) is 50.4 Å². The molecular weight excluding hydrogens is 621 g/mol. The predicted molar refractivity (Wildman–Crippen MR) is 168 cm³/mol. The maximum absolute atomic E-state index is 14.1. The lowest BCUT2D eigenvalue weighted by molar-refractivity contribution is -0.141. The zero-order valence-corrected chi connectivity index (χ0v) is 27.1. The van der Waals surface area contributed by atoms with E-state index in [0.29, 0.717) is 26.4 Å². The summed E-state index contributed by atoms with van der Waals surface area (Å²) in [6.07, 6.45) is 0.279. The van der Waals surface area contributed by atoms with E-state index >= 15 is 0 Å². The van der Waals surface area contributed by atoms with E-state index in [2.05, 4.69) is 5.32 Å². The van der Waals surface area contributed by atoms with Crippen molar-refractivity contribution in [1.29, 1.82) is 0 Å². The van der Waals surface area contributed by atoms with Crippen molar-refractivity contribution in [3.05, 3.63) is 87.4 Å². The zero-order chi connectivity index (χ0) is 31.2. The standard InChI is InChI=1S/C30H34Cl3N3O5S/c1-6-27(29(38)34-30(2,3)4)35(18-20-7-16-25(32)26(33)17-20)28(37)19-36(22-10-8-21(31)9-11-22)42(39,40)24-14-12-23(41-5)13-15-24/h7-17,27H,6,18-19H2,1-5H3,(H,34,38)/t27-/m0/s1. The number of benzene rings is 3. The fraction of sp³-hybridized carbons (Fsp3) is 0.333. The molecule has 0 unspecified atom stereocenters. The van der Waals surface area contributed by atoms with E-state index in [9.17, 15) is 18.0 Å². The maximum Gasteiger partial charge on any atom is 0.264 e. The number of halogens is 3. The minimum Gasteiger partial charge on any atom is -0.497 e. The van der Waals surface area contributed by atoms with Crippen molar-refractivity contribution in [2.75, 3.05) is 18.0 Å². The second kappa shape index (κ2) is 14.0. The molecule has 8 nitrogen and oxygen atoms in total. The molecule has 0 fully saturated rings. The molecule has 0 spiro atoms. The summed E-state index contributed by atoms with van der Waals surface area (Å²) in [5.74, 6) is -0.481. The fourth-order valence-electron chi connectivity index (χ4n) is 4.22. The van der Waals surface area contributed by atoms with Gasteiger partial charge in [0.25, 0.3) is 10.0 Å². The molecule has 12 heteroatoms. The van der Waals surface area contributed by atoms with Crippen LogP contribution in [0.25, 0.3) is 0 Å². The van der Waals surface area contributed by atoms with E-state index in [1.807, 2.05) is 20.8 Å². The Kier molecular flexibility index (Phi) is 11.2. The second-order valence-corrected chi connectivity index (χ2v) is 13.7. The summed E-state index contributed by atoms with van der Waals surface area (Å²) in [5, 5.41) is 3.97. The van der Waals surface area contributed by atoms with Crippen LogP contribution in [0.15, 0.2) is 71.6 Å². The number of hydrogen-bond acceptors (Lipinski definition) is 5. The average molecular weight is 655 g/mol. The summed E-state index contributed by atoms with van der Waals surface area (Å²) < 4.78 is 34.1. The van der Waals surface area contributed by atoms with Crippen molar-refractivity contribution in [3.63, 3.8) is 0 Å². The van der Waals surface area contributed by atoms with E-state index in [0.717, 1.165) is 4.31 Å². The number of sulfonamides is 1. The molecule has 0 bridgehead atoms.